The van der Waals surface area contributed by atoms with Crippen molar-refractivity contribution in [3.8, 4) is 5.75 Å². The first-order valence-electron chi connectivity index (χ1n) is 6.52. The van der Waals surface area contributed by atoms with Gasteiger partial charge in [-0.25, -0.2) is 9.18 Å². The number of carboxylic acid groups (broad SMARTS) is 1. The van der Waals surface area contributed by atoms with Gasteiger partial charge in [-0.15, -0.1) is 11.8 Å². The molecule has 0 bridgehead atoms. The molecule has 0 amide bonds. The van der Waals surface area contributed by atoms with Crippen molar-refractivity contribution in [2.45, 2.75) is 10.8 Å². The van der Waals surface area contributed by atoms with Gasteiger partial charge in [0.1, 0.15) is 0 Å². The summed E-state index contributed by atoms with van der Waals surface area (Å²) in [7, 11) is 0. The molecule has 1 N–H and O–H groups in total. The van der Waals surface area contributed by atoms with Gasteiger partial charge in [-0.3, -0.25) is 0 Å². The van der Waals surface area contributed by atoms with Crippen molar-refractivity contribution in [1.29, 1.82) is 0 Å². The summed E-state index contributed by atoms with van der Waals surface area (Å²) in [6.45, 7) is 0.382. The number of hydrogen-bond acceptors (Lipinski definition) is 3. The number of fused-ring (bicyclic) bond motifs is 1. The van der Waals surface area contributed by atoms with Gasteiger partial charge >= 0.3 is 5.97 Å². The van der Waals surface area contributed by atoms with Gasteiger partial charge in [0.05, 0.1) is 12.2 Å². The normalized spacial score (nSPS) is 16.5. The maximum absolute atomic E-state index is 13.8. The predicted molar refractivity (Wildman–Crippen MR) is 78.8 cm³/mol. The summed E-state index contributed by atoms with van der Waals surface area (Å²) in [6, 6.07) is 11.8. The molecular formula is C16H13FO3S. The summed E-state index contributed by atoms with van der Waals surface area (Å²) in [5.74, 6) is -0.566. The van der Waals surface area contributed by atoms with Crippen LogP contribution in [0.25, 0.3) is 0 Å². The molecule has 2 aromatic rings. The molecule has 1 atom stereocenters. The highest BCUT2D eigenvalue weighted by atomic mass is 32.2. The van der Waals surface area contributed by atoms with Crippen LogP contribution in [0.15, 0.2) is 47.4 Å². The highest BCUT2D eigenvalue weighted by molar-refractivity contribution is 7.99. The summed E-state index contributed by atoms with van der Waals surface area (Å²) in [4.78, 5) is 12.0. The van der Waals surface area contributed by atoms with E-state index in [-0.39, 0.29) is 17.2 Å². The van der Waals surface area contributed by atoms with Gasteiger partial charge in [0.25, 0.3) is 0 Å². The van der Waals surface area contributed by atoms with Crippen LogP contribution in [-0.4, -0.2) is 23.4 Å². The number of carboxylic acids is 1. The van der Waals surface area contributed by atoms with Gasteiger partial charge < -0.3 is 9.84 Å². The number of carbonyl (C=O) groups is 1. The molecule has 3 nitrogen and oxygen atoms in total. The van der Waals surface area contributed by atoms with Crippen molar-refractivity contribution < 1.29 is 19.0 Å². The van der Waals surface area contributed by atoms with Crippen molar-refractivity contribution in [2.75, 3.05) is 12.4 Å². The fraction of sp³-hybridized carbons (Fsp3) is 0.188. The lowest BCUT2D eigenvalue weighted by Gasteiger charge is -2.13. The van der Waals surface area contributed by atoms with Crippen LogP contribution in [0.1, 0.15) is 21.8 Å². The zero-order valence-electron chi connectivity index (χ0n) is 11.1. The van der Waals surface area contributed by atoms with Gasteiger partial charge in [-0.2, -0.15) is 0 Å². The van der Waals surface area contributed by atoms with Crippen molar-refractivity contribution in [3.63, 3.8) is 0 Å². The van der Waals surface area contributed by atoms with Crippen LogP contribution < -0.4 is 4.74 Å². The molecule has 0 radical (unpaired) electrons. The minimum Gasteiger partial charge on any atom is -0.490 e. The van der Waals surface area contributed by atoms with E-state index < -0.39 is 11.8 Å². The second kappa shape index (κ2) is 5.77. The highest BCUT2D eigenvalue weighted by Gasteiger charge is 2.23. The lowest BCUT2D eigenvalue weighted by Crippen LogP contribution is -2.10. The highest BCUT2D eigenvalue weighted by Crippen LogP contribution is 2.39. The van der Waals surface area contributed by atoms with E-state index in [1.807, 2.05) is 12.1 Å². The molecular weight excluding hydrogens is 291 g/mol. The Morgan fingerprint density at radius 2 is 2.14 bits per heavy atom. The van der Waals surface area contributed by atoms with Crippen molar-refractivity contribution >= 4 is 17.7 Å². The number of thioether (sulfide) groups is 1. The molecule has 0 fully saturated rings. The van der Waals surface area contributed by atoms with E-state index in [0.29, 0.717) is 6.61 Å². The number of aromatic carboxylic acids is 1. The molecule has 1 unspecified atom stereocenters. The lowest BCUT2D eigenvalue weighted by molar-refractivity contribution is 0.0696. The number of benzene rings is 2. The van der Waals surface area contributed by atoms with Crippen LogP contribution in [0.4, 0.5) is 4.39 Å². The van der Waals surface area contributed by atoms with E-state index in [4.69, 9.17) is 9.84 Å². The Balaban J connectivity index is 1.70. The smallest absolute Gasteiger partial charge is 0.335 e. The Bertz CT molecular complexity index is 687. The van der Waals surface area contributed by atoms with E-state index in [9.17, 15) is 9.18 Å². The molecule has 2 aromatic carbocycles. The van der Waals surface area contributed by atoms with Gasteiger partial charge in [-0.05, 0) is 29.8 Å². The van der Waals surface area contributed by atoms with Crippen molar-refractivity contribution in [2.24, 2.45) is 0 Å². The van der Waals surface area contributed by atoms with Gasteiger partial charge in [-0.1, -0.05) is 18.2 Å². The lowest BCUT2D eigenvalue weighted by atomic mass is 10.0. The first kappa shape index (κ1) is 13.9. The molecule has 1 heterocycles. The average Bonchev–Trinajstić information content (AvgIpc) is 2.89. The van der Waals surface area contributed by atoms with E-state index in [0.717, 1.165) is 11.8 Å². The van der Waals surface area contributed by atoms with Gasteiger partial charge in [0.15, 0.2) is 11.6 Å². The fourth-order valence-electron chi connectivity index (χ4n) is 2.31. The Morgan fingerprint density at radius 3 is 2.90 bits per heavy atom. The molecule has 108 valence electrons. The number of hydrogen-bond donors (Lipinski definition) is 1. The van der Waals surface area contributed by atoms with E-state index >= 15 is 0 Å². The number of rotatable bonds is 4. The SMILES string of the molecule is O=C(O)c1ccc(OCC2CSc3ccccc32)c(F)c1. The Kier molecular flexibility index (Phi) is 3.84. The third-order valence-electron chi connectivity index (χ3n) is 3.42. The Morgan fingerprint density at radius 1 is 1.33 bits per heavy atom. The zero-order valence-corrected chi connectivity index (χ0v) is 11.9. The summed E-state index contributed by atoms with van der Waals surface area (Å²) >= 11 is 1.77. The molecule has 21 heavy (non-hydrogen) atoms. The average molecular weight is 304 g/mol. The fourth-order valence-corrected chi connectivity index (χ4v) is 3.54. The largest absolute Gasteiger partial charge is 0.490 e. The minimum absolute atomic E-state index is 0.0818. The molecule has 1 aliphatic heterocycles. The van der Waals surface area contributed by atoms with Crippen LogP contribution in [0.3, 0.4) is 0 Å². The second-order valence-electron chi connectivity index (χ2n) is 4.81. The number of ether oxygens (including phenoxy) is 1. The third-order valence-corrected chi connectivity index (χ3v) is 4.67. The van der Waals surface area contributed by atoms with E-state index in [2.05, 4.69) is 12.1 Å². The van der Waals surface area contributed by atoms with Crippen LogP contribution in [0.5, 0.6) is 5.75 Å². The molecule has 1 aliphatic rings. The molecule has 0 saturated carbocycles. The molecule has 3 rings (SSSR count). The van der Waals surface area contributed by atoms with Gasteiger partial charge in [0.2, 0.25) is 0 Å². The van der Waals surface area contributed by atoms with Crippen LogP contribution in [0, 0.1) is 5.82 Å². The monoisotopic (exact) mass is 304 g/mol. The van der Waals surface area contributed by atoms with Crippen molar-refractivity contribution in [1.82, 2.24) is 0 Å². The molecule has 0 aliphatic carbocycles. The Labute approximate surface area is 125 Å². The van der Waals surface area contributed by atoms with Crippen molar-refractivity contribution in [3.05, 3.63) is 59.4 Å². The van der Waals surface area contributed by atoms with Crippen LogP contribution in [-0.2, 0) is 0 Å². The second-order valence-corrected chi connectivity index (χ2v) is 5.87. The third kappa shape index (κ3) is 2.88. The van der Waals surface area contributed by atoms with Crippen LogP contribution in [0.2, 0.25) is 0 Å². The minimum atomic E-state index is -1.15. The maximum Gasteiger partial charge on any atom is 0.335 e. The first-order chi connectivity index (χ1) is 10.1. The summed E-state index contributed by atoms with van der Waals surface area (Å²) in [6.07, 6.45) is 0. The van der Waals surface area contributed by atoms with E-state index in [1.165, 1.54) is 22.6 Å². The van der Waals surface area contributed by atoms with Gasteiger partial charge in [0, 0.05) is 16.6 Å². The molecule has 0 spiro atoms. The molecule has 5 heteroatoms. The molecule has 0 saturated heterocycles. The van der Waals surface area contributed by atoms with E-state index in [1.54, 1.807) is 11.8 Å². The summed E-state index contributed by atoms with van der Waals surface area (Å²) in [5.41, 5.74) is 1.15. The number of halogens is 1. The molecule has 0 aromatic heterocycles. The standard InChI is InChI=1S/C16H13FO3S/c17-13-7-10(16(18)19)5-6-14(13)20-8-11-9-21-15-4-2-1-3-12(11)15/h1-7,11H,8-9H2,(H,18,19). The topological polar surface area (TPSA) is 46.5 Å². The predicted octanol–water partition coefficient (Wildman–Crippen LogP) is 3.79. The summed E-state index contributed by atoms with van der Waals surface area (Å²) in [5, 5.41) is 8.80. The van der Waals surface area contributed by atoms with Crippen LogP contribution >= 0.6 is 11.8 Å². The zero-order chi connectivity index (χ0) is 14.8. The first-order valence-corrected chi connectivity index (χ1v) is 7.51. The summed E-state index contributed by atoms with van der Waals surface area (Å²) < 4.78 is 19.3. The maximum atomic E-state index is 13.8. The quantitative estimate of drug-likeness (QED) is 0.933. The Hall–Kier alpha value is -2.01.